The fourth-order valence-electron chi connectivity index (χ4n) is 0.692. The normalized spacial score (nSPS) is 12.0. The van der Waals surface area contributed by atoms with Crippen LogP contribution in [-0.4, -0.2) is 43.2 Å². The molecule has 0 aliphatic heterocycles. The van der Waals surface area contributed by atoms with Crippen LogP contribution < -0.4 is 0 Å². The van der Waals surface area contributed by atoms with Crippen molar-refractivity contribution in [3.8, 4) is 0 Å². The third-order valence-corrected chi connectivity index (χ3v) is 3.76. The third kappa shape index (κ3) is 3.68. The van der Waals surface area contributed by atoms with Gasteiger partial charge in [0.25, 0.3) is 0 Å². The van der Waals surface area contributed by atoms with Crippen molar-refractivity contribution in [2.24, 2.45) is 0 Å². The number of ether oxygens (including phenoxy) is 1. The Morgan fingerprint density at radius 1 is 1.08 bits per heavy atom. The van der Waals surface area contributed by atoms with E-state index in [-0.39, 0.29) is 0 Å². The predicted molar refractivity (Wildman–Crippen MR) is 47.9 cm³/mol. The molecule has 0 saturated heterocycles. The van der Waals surface area contributed by atoms with Gasteiger partial charge in [0, 0.05) is 27.4 Å². The lowest BCUT2D eigenvalue weighted by molar-refractivity contribution is -0.134. The first-order valence-corrected chi connectivity index (χ1v) is 5.37. The van der Waals surface area contributed by atoms with Crippen LogP contribution in [0.4, 0.5) is 0 Å². The summed E-state index contributed by atoms with van der Waals surface area (Å²) in [4.78, 5) is 10.8. The van der Waals surface area contributed by atoms with Gasteiger partial charge in [0.15, 0.2) is 0 Å². The predicted octanol–water partition coefficient (Wildman–Crippen LogP) is 0.133. The van der Waals surface area contributed by atoms with Crippen LogP contribution in [0.2, 0.25) is 0 Å². The van der Waals surface area contributed by atoms with Gasteiger partial charge in [-0.2, -0.15) is 0 Å². The molecule has 0 bridgehead atoms. The van der Waals surface area contributed by atoms with Crippen LogP contribution in [0.15, 0.2) is 11.8 Å². The average Bonchev–Trinajstić information content (AvgIpc) is 2.20. The molecule has 0 saturated carbocycles. The van der Waals surface area contributed by atoms with E-state index in [1.165, 1.54) is 40.2 Å². The zero-order chi connectivity index (χ0) is 10.3. The molecule has 0 amide bonds. The third-order valence-electron chi connectivity index (χ3n) is 1.48. The Hall–Kier alpha value is -0.693. The smallest absolute Gasteiger partial charge is 0.466 e. The largest absolute Gasteiger partial charge is 0.529 e. The molecule has 0 radical (unpaired) electrons. The van der Waals surface area contributed by atoms with Crippen molar-refractivity contribution < 1.29 is 22.8 Å². The van der Waals surface area contributed by atoms with E-state index in [1.807, 2.05) is 0 Å². The summed E-state index contributed by atoms with van der Waals surface area (Å²) < 4.78 is 19.5. The summed E-state index contributed by atoms with van der Waals surface area (Å²) in [5.41, 5.74) is 1.46. The SMILES string of the molecule is COC(=O)C=C[Si](OC)(OC)OC. The van der Waals surface area contributed by atoms with Crippen molar-refractivity contribution >= 4 is 14.8 Å². The van der Waals surface area contributed by atoms with Crippen LogP contribution in [-0.2, 0) is 22.8 Å². The van der Waals surface area contributed by atoms with Gasteiger partial charge in [-0.05, 0) is 5.70 Å². The highest BCUT2D eigenvalue weighted by Gasteiger charge is 2.34. The number of hydrogen-bond donors (Lipinski definition) is 0. The number of carbonyl (C=O) groups excluding carboxylic acids is 1. The highest BCUT2D eigenvalue weighted by molar-refractivity contribution is 6.66. The van der Waals surface area contributed by atoms with E-state index in [1.54, 1.807) is 0 Å². The molecule has 0 spiro atoms. The first-order valence-electron chi connectivity index (χ1n) is 3.56. The van der Waals surface area contributed by atoms with Gasteiger partial charge in [0.2, 0.25) is 0 Å². The second-order valence-corrected chi connectivity index (χ2v) is 4.84. The summed E-state index contributed by atoms with van der Waals surface area (Å²) in [5, 5.41) is 0. The maximum atomic E-state index is 10.8. The molecule has 0 fully saturated rings. The van der Waals surface area contributed by atoms with Crippen LogP contribution in [0.1, 0.15) is 0 Å². The van der Waals surface area contributed by atoms with Gasteiger partial charge in [-0.1, -0.05) is 0 Å². The molecule has 76 valence electrons. The van der Waals surface area contributed by atoms with Gasteiger partial charge in [-0.15, -0.1) is 0 Å². The fraction of sp³-hybridized carbons (Fsp3) is 0.571. The van der Waals surface area contributed by atoms with E-state index >= 15 is 0 Å². The summed E-state index contributed by atoms with van der Waals surface area (Å²) >= 11 is 0. The summed E-state index contributed by atoms with van der Waals surface area (Å²) in [6.45, 7) is 0. The summed E-state index contributed by atoms with van der Waals surface area (Å²) in [7, 11) is 2.89. The van der Waals surface area contributed by atoms with Crippen molar-refractivity contribution in [2.45, 2.75) is 0 Å². The van der Waals surface area contributed by atoms with Crippen molar-refractivity contribution in [2.75, 3.05) is 28.4 Å². The molecule has 5 nitrogen and oxygen atoms in total. The quantitative estimate of drug-likeness (QED) is 0.363. The van der Waals surface area contributed by atoms with Gasteiger partial charge in [-0.3, -0.25) is 0 Å². The lowest BCUT2D eigenvalue weighted by atomic mass is 10.7. The molecule has 0 aromatic rings. The lowest BCUT2D eigenvalue weighted by Crippen LogP contribution is -2.41. The van der Waals surface area contributed by atoms with Crippen LogP contribution in [0.5, 0.6) is 0 Å². The Kier molecular flexibility index (Phi) is 5.56. The molecular formula is C7H14O5Si. The van der Waals surface area contributed by atoms with Gasteiger partial charge in [0.05, 0.1) is 7.11 Å². The van der Waals surface area contributed by atoms with Crippen LogP contribution in [0.25, 0.3) is 0 Å². The van der Waals surface area contributed by atoms with Crippen LogP contribution in [0.3, 0.4) is 0 Å². The number of carbonyl (C=O) groups is 1. The molecule has 0 aromatic heterocycles. The average molecular weight is 206 g/mol. The Morgan fingerprint density at radius 3 is 1.85 bits per heavy atom. The molecule has 0 unspecified atom stereocenters. The Bertz CT molecular complexity index is 179. The fourth-order valence-corrected chi connectivity index (χ4v) is 1.94. The van der Waals surface area contributed by atoms with Crippen LogP contribution >= 0.6 is 0 Å². The molecule has 0 heterocycles. The van der Waals surface area contributed by atoms with Crippen molar-refractivity contribution in [1.82, 2.24) is 0 Å². The second kappa shape index (κ2) is 5.87. The molecule has 13 heavy (non-hydrogen) atoms. The summed E-state index contributed by atoms with van der Waals surface area (Å²) in [5.74, 6) is -0.469. The second-order valence-electron chi connectivity index (χ2n) is 2.07. The van der Waals surface area contributed by atoms with E-state index in [9.17, 15) is 4.79 Å². The Morgan fingerprint density at radius 2 is 1.54 bits per heavy atom. The zero-order valence-corrected chi connectivity index (χ0v) is 9.20. The minimum atomic E-state index is -2.78. The highest BCUT2D eigenvalue weighted by atomic mass is 28.4. The highest BCUT2D eigenvalue weighted by Crippen LogP contribution is 2.07. The summed E-state index contributed by atoms with van der Waals surface area (Å²) in [6.07, 6.45) is 1.22. The van der Waals surface area contributed by atoms with Crippen molar-refractivity contribution in [3.05, 3.63) is 11.8 Å². The molecular weight excluding hydrogens is 192 g/mol. The minimum absolute atomic E-state index is 0.469. The monoisotopic (exact) mass is 206 g/mol. The van der Waals surface area contributed by atoms with E-state index in [2.05, 4.69) is 4.74 Å². The van der Waals surface area contributed by atoms with E-state index in [0.29, 0.717) is 0 Å². The topological polar surface area (TPSA) is 54.0 Å². The first kappa shape index (κ1) is 12.3. The Balaban J connectivity index is 4.40. The number of rotatable bonds is 5. The molecule has 6 heteroatoms. The molecule has 0 aliphatic rings. The lowest BCUT2D eigenvalue weighted by Gasteiger charge is -2.19. The minimum Gasteiger partial charge on any atom is -0.466 e. The molecule has 0 aromatic carbocycles. The molecule has 0 N–H and O–H groups in total. The van der Waals surface area contributed by atoms with Crippen molar-refractivity contribution in [3.63, 3.8) is 0 Å². The molecule has 0 aliphatic carbocycles. The van der Waals surface area contributed by atoms with Gasteiger partial charge >= 0.3 is 14.8 Å². The van der Waals surface area contributed by atoms with Gasteiger partial charge in [-0.25, -0.2) is 4.79 Å². The zero-order valence-electron chi connectivity index (χ0n) is 8.20. The van der Waals surface area contributed by atoms with Gasteiger partial charge in [0.1, 0.15) is 0 Å². The van der Waals surface area contributed by atoms with E-state index in [0.717, 1.165) is 0 Å². The maximum Gasteiger partial charge on any atom is 0.529 e. The summed E-state index contributed by atoms with van der Waals surface area (Å²) in [6, 6.07) is 0. The van der Waals surface area contributed by atoms with Crippen LogP contribution in [0, 0.1) is 0 Å². The number of esters is 1. The Labute approximate surface area is 78.6 Å². The molecule has 0 atom stereocenters. The van der Waals surface area contributed by atoms with Crippen molar-refractivity contribution in [1.29, 1.82) is 0 Å². The standard InChI is InChI=1S/C7H14O5Si/c1-9-7(8)5-6-13(10-2,11-3)12-4/h5-6H,1-4H3. The first-order chi connectivity index (χ1) is 6.14. The van der Waals surface area contributed by atoms with Gasteiger partial charge < -0.3 is 18.0 Å². The molecule has 0 rings (SSSR count). The van der Waals surface area contributed by atoms with E-state index in [4.69, 9.17) is 13.3 Å². The van der Waals surface area contributed by atoms with E-state index < -0.39 is 14.8 Å². The maximum absolute atomic E-state index is 10.8. The number of methoxy groups -OCH3 is 1. The number of hydrogen-bond acceptors (Lipinski definition) is 5.